The van der Waals surface area contributed by atoms with Crippen molar-refractivity contribution in [3.05, 3.63) is 42.1 Å². The summed E-state index contributed by atoms with van der Waals surface area (Å²) in [7, 11) is 0. The Hall–Kier alpha value is -2.96. The van der Waals surface area contributed by atoms with E-state index in [1.54, 1.807) is 36.4 Å². The number of rotatable bonds is 6. The summed E-state index contributed by atoms with van der Waals surface area (Å²) < 4.78 is 0. The predicted molar refractivity (Wildman–Crippen MR) is 89.5 cm³/mol. The molecular weight excluding hydrogens is 294 g/mol. The molecule has 2 rings (SSSR count). The average Bonchev–Trinajstić information content (AvgIpc) is 2.53. The van der Waals surface area contributed by atoms with E-state index in [2.05, 4.69) is 33.1 Å². The van der Waals surface area contributed by atoms with Gasteiger partial charge in [0.05, 0.1) is 0 Å². The minimum Gasteiger partial charge on any atom is -0.369 e. The van der Waals surface area contributed by atoms with Crippen molar-refractivity contribution in [3.8, 4) is 0 Å². The highest BCUT2D eigenvalue weighted by Gasteiger charge is 2.09. The Labute approximate surface area is 134 Å². The molecule has 0 atom stereocenters. The van der Waals surface area contributed by atoms with Crippen molar-refractivity contribution in [1.82, 2.24) is 10.2 Å². The number of hydrogen-bond acceptors (Lipinski definition) is 5. The molecular formula is C16H19N5O2. The largest absolute Gasteiger partial charge is 0.369 e. The van der Waals surface area contributed by atoms with Crippen molar-refractivity contribution in [2.24, 2.45) is 0 Å². The highest BCUT2D eigenvalue weighted by molar-refractivity contribution is 6.03. The highest BCUT2D eigenvalue weighted by Crippen LogP contribution is 2.16. The molecule has 1 aromatic carbocycles. The summed E-state index contributed by atoms with van der Waals surface area (Å²) >= 11 is 0. The van der Waals surface area contributed by atoms with Crippen molar-refractivity contribution >= 4 is 29.0 Å². The summed E-state index contributed by atoms with van der Waals surface area (Å²) in [4.78, 5) is 23.2. The van der Waals surface area contributed by atoms with Gasteiger partial charge in [-0.05, 0) is 36.8 Å². The van der Waals surface area contributed by atoms with Crippen molar-refractivity contribution < 1.29 is 9.59 Å². The van der Waals surface area contributed by atoms with Gasteiger partial charge in [0.2, 0.25) is 5.91 Å². The van der Waals surface area contributed by atoms with Gasteiger partial charge in [-0.2, -0.15) is 0 Å². The zero-order valence-corrected chi connectivity index (χ0v) is 13.1. The van der Waals surface area contributed by atoms with Crippen LogP contribution in [0.25, 0.3) is 0 Å². The van der Waals surface area contributed by atoms with Gasteiger partial charge >= 0.3 is 0 Å². The zero-order valence-electron chi connectivity index (χ0n) is 13.1. The normalized spacial score (nSPS) is 10.0. The standard InChI is InChI=1S/C16H19N5O2/c1-3-9-17-15-8-7-14(20-21-15)16(23)19-13-6-4-5-12(10-13)18-11(2)22/h4-8,10H,3,9H2,1-2H3,(H,17,21)(H,18,22)(H,19,23). The van der Waals surface area contributed by atoms with E-state index in [-0.39, 0.29) is 17.5 Å². The maximum absolute atomic E-state index is 12.2. The van der Waals surface area contributed by atoms with Gasteiger partial charge in [0, 0.05) is 24.8 Å². The highest BCUT2D eigenvalue weighted by atomic mass is 16.2. The lowest BCUT2D eigenvalue weighted by Crippen LogP contribution is -2.15. The number of benzene rings is 1. The number of carbonyl (C=O) groups is 2. The molecule has 1 aromatic heterocycles. The molecule has 0 aliphatic carbocycles. The number of aromatic nitrogens is 2. The third kappa shape index (κ3) is 5.06. The van der Waals surface area contributed by atoms with Gasteiger partial charge in [0.15, 0.2) is 5.69 Å². The smallest absolute Gasteiger partial charge is 0.276 e. The first-order valence-corrected chi connectivity index (χ1v) is 7.35. The lowest BCUT2D eigenvalue weighted by atomic mass is 10.2. The molecule has 2 amide bonds. The Kier molecular flexibility index (Phi) is 5.62. The maximum Gasteiger partial charge on any atom is 0.276 e. The minimum absolute atomic E-state index is 0.172. The van der Waals surface area contributed by atoms with E-state index in [9.17, 15) is 9.59 Å². The van der Waals surface area contributed by atoms with Gasteiger partial charge in [-0.15, -0.1) is 10.2 Å². The molecule has 1 heterocycles. The van der Waals surface area contributed by atoms with Crippen LogP contribution in [-0.2, 0) is 4.79 Å². The second kappa shape index (κ2) is 7.88. The second-order valence-electron chi connectivity index (χ2n) is 4.95. The molecule has 0 fully saturated rings. The van der Waals surface area contributed by atoms with Crippen LogP contribution in [-0.4, -0.2) is 28.6 Å². The number of carbonyl (C=O) groups excluding carboxylic acids is 2. The molecule has 7 heteroatoms. The third-order valence-electron chi connectivity index (χ3n) is 2.89. The van der Waals surface area contributed by atoms with Crippen molar-refractivity contribution in [2.45, 2.75) is 20.3 Å². The quantitative estimate of drug-likeness (QED) is 0.761. The van der Waals surface area contributed by atoms with Crippen LogP contribution in [0.3, 0.4) is 0 Å². The van der Waals surface area contributed by atoms with E-state index in [0.29, 0.717) is 17.2 Å². The molecule has 0 radical (unpaired) electrons. The van der Waals surface area contributed by atoms with Gasteiger partial charge in [-0.25, -0.2) is 0 Å². The molecule has 2 aromatic rings. The summed E-state index contributed by atoms with van der Waals surface area (Å²) in [5, 5.41) is 16.3. The van der Waals surface area contributed by atoms with Crippen molar-refractivity contribution in [3.63, 3.8) is 0 Å². The monoisotopic (exact) mass is 313 g/mol. The summed E-state index contributed by atoms with van der Waals surface area (Å²) in [6, 6.07) is 10.2. The number of nitrogens with zero attached hydrogens (tertiary/aromatic N) is 2. The van der Waals surface area contributed by atoms with E-state index >= 15 is 0 Å². The Morgan fingerprint density at radius 1 is 1.04 bits per heavy atom. The fraction of sp³-hybridized carbons (Fsp3) is 0.250. The van der Waals surface area contributed by atoms with Crippen LogP contribution in [0.2, 0.25) is 0 Å². The Balaban J connectivity index is 2.02. The number of nitrogens with one attached hydrogen (secondary N) is 3. The summed E-state index contributed by atoms with van der Waals surface area (Å²) in [5.41, 5.74) is 1.40. The molecule has 0 saturated heterocycles. The van der Waals surface area contributed by atoms with Gasteiger partial charge in [-0.3, -0.25) is 9.59 Å². The van der Waals surface area contributed by atoms with Crippen LogP contribution in [0.4, 0.5) is 17.2 Å². The van der Waals surface area contributed by atoms with Gasteiger partial charge < -0.3 is 16.0 Å². The first kappa shape index (κ1) is 16.4. The molecule has 7 nitrogen and oxygen atoms in total. The minimum atomic E-state index is -0.362. The van der Waals surface area contributed by atoms with E-state index in [1.807, 2.05) is 0 Å². The van der Waals surface area contributed by atoms with Crippen LogP contribution >= 0.6 is 0 Å². The van der Waals surface area contributed by atoms with Crippen LogP contribution < -0.4 is 16.0 Å². The lowest BCUT2D eigenvalue weighted by molar-refractivity contribution is -0.114. The first-order valence-electron chi connectivity index (χ1n) is 7.35. The fourth-order valence-corrected chi connectivity index (χ4v) is 1.87. The molecule has 0 bridgehead atoms. The fourth-order valence-electron chi connectivity index (χ4n) is 1.87. The first-order chi connectivity index (χ1) is 11.1. The van der Waals surface area contributed by atoms with Crippen LogP contribution in [0, 0.1) is 0 Å². The van der Waals surface area contributed by atoms with Gasteiger partial charge in [0.25, 0.3) is 5.91 Å². The Bertz CT molecular complexity index is 685. The maximum atomic E-state index is 12.2. The number of amides is 2. The molecule has 0 saturated carbocycles. The average molecular weight is 313 g/mol. The molecule has 0 aliphatic heterocycles. The SMILES string of the molecule is CCCNc1ccc(C(=O)Nc2cccc(NC(C)=O)c2)nn1. The number of anilines is 3. The summed E-state index contributed by atoms with van der Waals surface area (Å²) in [5.74, 6) is 0.102. The molecule has 120 valence electrons. The Morgan fingerprint density at radius 3 is 2.39 bits per heavy atom. The number of hydrogen-bond donors (Lipinski definition) is 3. The van der Waals surface area contributed by atoms with E-state index in [0.717, 1.165) is 13.0 Å². The van der Waals surface area contributed by atoms with Gasteiger partial charge in [0.1, 0.15) is 5.82 Å². The summed E-state index contributed by atoms with van der Waals surface area (Å²) in [6.07, 6.45) is 0.981. The molecule has 0 spiro atoms. The van der Waals surface area contributed by atoms with Crippen LogP contribution in [0.15, 0.2) is 36.4 Å². The van der Waals surface area contributed by atoms with Gasteiger partial charge in [-0.1, -0.05) is 13.0 Å². The molecule has 0 unspecified atom stereocenters. The van der Waals surface area contributed by atoms with Crippen molar-refractivity contribution in [2.75, 3.05) is 22.5 Å². The third-order valence-corrected chi connectivity index (χ3v) is 2.89. The Morgan fingerprint density at radius 2 is 1.78 bits per heavy atom. The van der Waals surface area contributed by atoms with Crippen LogP contribution in [0.1, 0.15) is 30.8 Å². The second-order valence-corrected chi connectivity index (χ2v) is 4.95. The van der Waals surface area contributed by atoms with E-state index in [1.165, 1.54) is 6.92 Å². The molecule has 3 N–H and O–H groups in total. The van der Waals surface area contributed by atoms with E-state index < -0.39 is 0 Å². The predicted octanol–water partition coefficient (Wildman–Crippen LogP) is 2.51. The van der Waals surface area contributed by atoms with Crippen LogP contribution in [0.5, 0.6) is 0 Å². The topological polar surface area (TPSA) is 96.0 Å². The lowest BCUT2D eigenvalue weighted by Gasteiger charge is -2.08. The molecule has 0 aliphatic rings. The van der Waals surface area contributed by atoms with Crippen molar-refractivity contribution in [1.29, 1.82) is 0 Å². The van der Waals surface area contributed by atoms with E-state index in [4.69, 9.17) is 0 Å². The summed E-state index contributed by atoms with van der Waals surface area (Å²) in [6.45, 7) is 4.28. The zero-order chi connectivity index (χ0) is 16.7. The molecule has 23 heavy (non-hydrogen) atoms.